The number of rotatable bonds is 9. The number of hydrogen-bond donors (Lipinski definition) is 2. The minimum Gasteiger partial charge on any atom is -0.473 e. The fourth-order valence-corrected chi connectivity index (χ4v) is 3.88. The lowest BCUT2D eigenvalue weighted by molar-refractivity contribution is 0.181. The van der Waals surface area contributed by atoms with Crippen molar-refractivity contribution in [2.24, 2.45) is 5.73 Å². The molecule has 3 N–H and O–H groups in total. The van der Waals surface area contributed by atoms with Crippen molar-refractivity contribution in [3.63, 3.8) is 0 Å². The van der Waals surface area contributed by atoms with Gasteiger partial charge >= 0.3 is 0 Å². The van der Waals surface area contributed by atoms with E-state index in [9.17, 15) is 0 Å². The Kier molecular flexibility index (Phi) is 8.21. The highest BCUT2D eigenvalue weighted by Gasteiger charge is 2.23. The molecule has 0 bridgehead atoms. The Balaban J connectivity index is 2.12. The van der Waals surface area contributed by atoms with Gasteiger partial charge in [-0.15, -0.1) is 0 Å². The van der Waals surface area contributed by atoms with Crippen molar-refractivity contribution >= 4 is 5.82 Å². The van der Waals surface area contributed by atoms with E-state index < -0.39 is 0 Å². The number of nitrogens with two attached hydrogens (primary N) is 1. The van der Waals surface area contributed by atoms with E-state index in [-0.39, 0.29) is 6.10 Å². The van der Waals surface area contributed by atoms with E-state index in [4.69, 9.17) is 25.4 Å². The van der Waals surface area contributed by atoms with Gasteiger partial charge in [-0.05, 0) is 37.3 Å². The number of nitrogens with one attached hydrogen (secondary N) is 1. The average molecular weight is 427 g/mol. The number of aromatic nitrogens is 3. The molecule has 7 nitrogen and oxygen atoms in total. The summed E-state index contributed by atoms with van der Waals surface area (Å²) in [6, 6.07) is 4.27. The van der Waals surface area contributed by atoms with Gasteiger partial charge in [0.15, 0.2) is 0 Å². The van der Waals surface area contributed by atoms with Gasteiger partial charge in [0.05, 0.1) is 17.5 Å². The van der Waals surface area contributed by atoms with Crippen LogP contribution in [-0.2, 0) is 13.0 Å². The van der Waals surface area contributed by atoms with Gasteiger partial charge in [0, 0.05) is 44.0 Å². The fourth-order valence-electron chi connectivity index (χ4n) is 3.88. The summed E-state index contributed by atoms with van der Waals surface area (Å²) >= 11 is 0. The predicted octanol–water partition coefficient (Wildman–Crippen LogP) is 3.66. The number of aryl methyl sites for hydroxylation is 1. The average Bonchev–Trinajstić information content (AvgIpc) is 2.82. The second-order valence-corrected chi connectivity index (χ2v) is 8.38. The van der Waals surface area contributed by atoms with Crippen LogP contribution in [0.25, 0.3) is 11.3 Å². The summed E-state index contributed by atoms with van der Waals surface area (Å²) in [5, 5.41) is 3.43. The summed E-state index contributed by atoms with van der Waals surface area (Å²) in [5.41, 5.74) is 10.7. The molecule has 0 atom stereocenters. The zero-order valence-electron chi connectivity index (χ0n) is 19.7. The molecular weight excluding hydrogens is 388 g/mol. The van der Waals surface area contributed by atoms with Crippen molar-refractivity contribution in [2.75, 3.05) is 31.1 Å². The molecule has 0 unspecified atom stereocenters. The molecule has 0 spiro atoms. The van der Waals surface area contributed by atoms with Gasteiger partial charge in [-0.1, -0.05) is 34.6 Å². The van der Waals surface area contributed by atoms with Gasteiger partial charge in [0.1, 0.15) is 11.5 Å². The van der Waals surface area contributed by atoms with E-state index >= 15 is 0 Å². The molecule has 0 amide bonds. The van der Waals surface area contributed by atoms with Crippen LogP contribution in [0.1, 0.15) is 70.5 Å². The lowest BCUT2D eigenvalue weighted by Crippen LogP contribution is -2.44. The van der Waals surface area contributed by atoms with Gasteiger partial charge in [0.25, 0.3) is 0 Å². The Bertz CT molecular complexity index is 859. The Morgan fingerprint density at radius 2 is 1.74 bits per heavy atom. The van der Waals surface area contributed by atoms with Crippen LogP contribution in [0.4, 0.5) is 5.82 Å². The van der Waals surface area contributed by atoms with Crippen molar-refractivity contribution in [1.29, 1.82) is 0 Å². The maximum absolute atomic E-state index is 6.18. The summed E-state index contributed by atoms with van der Waals surface area (Å²) in [7, 11) is 0. The summed E-state index contributed by atoms with van der Waals surface area (Å²) < 4.78 is 6.18. The molecule has 31 heavy (non-hydrogen) atoms. The van der Waals surface area contributed by atoms with Crippen molar-refractivity contribution in [2.45, 2.75) is 72.4 Å². The lowest BCUT2D eigenvalue weighted by Gasteiger charge is -2.31. The Hall–Kier alpha value is -2.25. The van der Waals surface area contributed by atoms with Gasteiger partial charge in [-0.3, -0.25) is 0 Å². The minimum absolute atomic E-state index is 0.124. The molecule has 3 heterocycles. The molecule has 1 saturated heterocycles. The van der Waals surface area contributed by atoms with Crippen molar-refractivity contribution in [1.82, 2.24) is 20.3 Å². The molecule has 0 saturated carbocycles. The highest BCUT2D eigenvalue weighted by molar-refractivity contribution is 5.75. The third-order valence-corrected chi connectivity index (χ3v) is 5.88. The van der Waals surface area contributed by atoms with Gasteiger partial charge in [-0.2, -0.15) is 0 Å². The van der Waals surface area contributed by atoms with Crippen LogP contribution in [-0.4, -0.2) is 47.2 Å². The van der Waals surface area contributed by atoms with Crippen LogP contribution >= 0.6 is 0 Å². The first-order chi connectivity index (χ1) is 15.0. The molecular formula is C24H38N6O. The molecule has 3 rings (SSSR count). The molecule has 1 aliphatic heterocycles. The monoisotopic (exact) mass is 426 g/mol. The summed E-state index contributed by atoms with van der Waals surface area (Å²) in [6.45, 7) is 14.8. The van der Waals surface area contributed by atoms with Crippen LogP contribution in [0.15, 0.2) is 12.1 Å². The third kappa shape index (κ3) is 5.33. The highest BCUT2D eigenvalue weighted by Crippen LogP contribution is 2.34. The van der Waals surface area contributed by atoms with Crippen LogP contribution < -0.4 is 20.7 Å². The summed E-state index contributed by atoms with van der Waals surface area (Å²) in [4.78, 5) is 17.3. The maximum Gasteiger partial charge on any atom is 0.237 e. The van der Waals surface area contributed by atoms with Crippen LogP contribution in [0.3, 0.4) is 0 Å². The normalized spacial score (nSPS) is 14.5. The first-order valence-corrected chi connectivity index (χ1v) is 11.8. The predicted molar refractivity (Wildman–Crippen MR) is 127 cm³/mol. The number of pyridine rings is 1. The lowest BCUT2D eigenvalue weighted by atomic mass is 10.0. The number of ether oxygens (including phenoxy) is 1. The van der Waals surface area contributed by atoms with Gasteiger partial charge in [-0.25, -0.2) is 15.0 Å². The quantitative estimate of drug-likeness (QED) is 0.632. The molecule has 2 aromatic rings. The van der Waals surface area contributed by atoms with E-state index in [0.29, 0.717) is 24.0 Å². The molecule has 170 valence electrons. The number of anilines is 1. The summed E-state index contributed by atoms with van der Waals surface area (Å²) in [6.07, 6.45) is 2.75. The molecule has 0 aromatic carbocycles. The SMILES string of the molecule is CCc1nc(OC(CC)CC)c(CN)nc1-c1ccc(C(C)C)nc1N1CCNCC1. The molecule has 2 aromatic heterocycles. The van der Waals surface area contributed by atoms with Gasteiger partial charge < -0.3 is 20.7 Å². The van der Waals surface area contributed by atoms with Crippen LogP contribution in [0, 0.1) is 0 Å². The van der Waals surface area contributed by atoms with Gasteiger partial charge in [0.2, 0.25) is 5.88 Å². The van der Waals surface area contributed by atoms with Crippen LogP contribution in [0.2, 0.25) is 0 Å². The Morgan fingerprint density at radius 1 is 1.03 bits per heavy atom. The van der Waals surface area contributed by atoms with Crippen molar-refractivity contribution in [3.05, 3.63) is 29.2 Å². The molecule has 1 fully saturated rings. The van der Waals surface area contributed by atoms with Crippen LogP contribution in [0.5, 0.6) is 5.88 Å². The highest BCUT2D eigenvalue weighted by atomic mass is 16.5. The number of hydrogen-bond acceptors (Lipinski definition) is 7. The fraction of sp³-hybridized carbons (Fsp3) is 0.625. The second-order valence-electron chi connectivity index (χ2n) is 8.38. The second kappa shape index (κ2) is 10.9. The molecule has 0 aliphatic carbocycles. The van der Waals surface area contributed by atoms with E-state index in [0.717, 1.165) is 73.9 Å². The topological polar surface area (TPSA) is 89.2 Å². The van der Waals surface area contributed by atoms with Crippen molar-refractivity contribution < 1.29 is 4.74 Å². The standard InChI is InChI=1S/C24H38N6O/c1-6-17(7-2)31-24-21(15-25)27-22(19(8-3)29-24)18-9-10-20(16(4)5)28-23(18)30-13-11-26-12-14-30/h9-10,16-17,26H,6-8,11-15,25H2,1-5H3. The first-order valence-electron chi connectivity index (χ1n) is 11.8. The smallest absolute Gasteiger partial charge is 0.237 e. The Morgan fingerprint density at radius 3 is 2.32 bits per heavy atom. The molecule has 1 aliphatic rings. The maximum atomic E-state index is 6.18. The van der Waals surface area contributed by atoms with E-state index in [1.165, 1.54) is 0 Å². The number of nitrogens with zero attached hydrogens (tertiary/aromatic N) is 4. The van der Waals surface area contributed by atoms with E-state index in [1.807, 2.05) is 0 Å². The largest absolute Gasteiger partial charge is 0.473 e. The molecule has 7 heteroatoms. The zero-order chi connectivity index (χ0) is 22.4. The Labute approximate surface area is 186 Å². The summed E-state index contributed by atoms with van der Waals surface area (Å²) in [5.74, 6) is 1.93. The molecule has 0 radical (unpaired) electrons. The van der Waals surface area contributed by atoms with E-state index in [1.54, 1.807) is 0 Å². The van der Waals surface area contributed by atoms with Crippen molar-refractivity contribution in [3.8, 4) is 17.1 Å². The minimum atomic E-state index is 0.124. The third-order valence-electron chi connectivity index (χ3n) is 5.88. The van der Waals surface area contributed by atoms with E-state index in [2.05, 4.69) is 57.0 Å². The zero-order valence-corrected chi connectivity index (χ0v) is 19.7. The number of piperazine rings is 1. The first kappa shape index (κ1) is 23.4.